The summed E-state index contributed by atoms with van der Waals surface area (Å²) in [4.78, 5) is 7.50. The van der Waals surface area contributed by atoms with Gasteiger partial charge in [-0.25, -0.2) is 0 Å². The molecular formula is C28H38ClN3O2. The Bertz CT molecular complexity index is 1010. The second-order valence-electron chi connectivity index (χ2n) is 9.56. The molecule has 0 radical (unpaired) electrons. The number of halogens is 1. The fraction of sp³-hybridized carbons (Fsp3) is 0.500. The third kappa shape index (κ3) is 7.22. The van der Waals surface area contributed by atoms with Gasteiger partial charge in [-0.3, -0.25) is 0 Å². The summed E-state index contributed by atoms with van der Waals surface area (Å²) >= 11 is 6.01. The van der Waals surface area contributed by atoms with E-state index in [1.54, 1.807) is 6.26 Å². The maximum Gasteiger partial charge on any atom is 0.138 e. The minimum absolute atomic E-state index is 0.737. The number of piperazine rings is 1. The lowest BCUT2D eigenvalue weighted by atomic mass is 10.0. The summed E-state index contributed by atoms with van der Waals surface area (Å²) in [5, 5.41) is 1.83. The topological polar surface area (TPSA) is 32.1 Å². The van der Waals surface area contributed by atoms with Gasteiger partial charge in [-0.05, 0) is 89.2 Å². The van der Waals surface area contributed by atoms with Gasteiger partial charge < -0.3 is 23.9 Å². The van der Waals surface area contributed by atoms with E-state index in [2.05, 4.69) is 34.9 Å². The predicted molar refractivity (Wildman–Crippen MR) is 142 cm³/mol. The van der Waals surface area contributed by atoms with E-state index in [0.717, 1.165) is 45.9 Å². The zero-order valence-electron chi connectivity index (χ0n) is 20.6. The molecule has 0 amide bonds. The van der Waals surface area contributed by atoms with Crippen LogP contribution in [0.2, 0.25) is 5.02 Å². The van der Waals surface area contributed by atoms with Gasteiger partial charge >= 0.3 is 0 Å². The van der Waals surface area contributed by atoms with Crippen LogP contribution in [0.3, 0.4) is 0 Å². The van der Waals surface area contributed by atoms with Crippen molar-refractivity contribution in [2.24, 2.45) is 0 Å². The van der Waals surface area contributed by atoms with Crippen molar-refractivity contribution in [1.29, 1.82) is 0 Å². The first kappa shape index (κ1) is 25.1. The average Bonchev–Trinajstić information content (AvgIpc) is 3.26. The number of fused-ring (bicyclic) bond motifs is 1. The molecule has 3 aromatic rings. The smallest absolute Gasteiger partial charge is 0.138 e. The molecule has 0 bridgehead atoms. The second kappa shape index (κ2) is 12.6. The van der Waals surface area contributed by atoms with Gasteiger partial charge in [0, 0.05) is 48.2 Å². The molecule has 0 aliphatic carbocycles. The number of ether oxygens (including phenoxy) is 1. The summed E-state index contributed by atoms with van der Waals surface area (Å²) in [5.41, 5.74) is 3.03. The fourth-order valence-corrected chi connectivity index (χ4v) is 4.73. The summed E-state index contributed by atoms with van der Waals surface area (Å²) in [7, 11) is 4.30. The van der Waals surface area contributed by atoms with Gasteiger partial charge in [0.25, 0.3) is 0 Å². The number of unbranched alkanes of at least 4 members (excludes halogenated alkanes) is 2. The number of hydrogen-bond donors (Lipinski definition) is 0. The highest BCUT2D eigenvalue weighted by atomic mass is 35.5. The maximum atomic E-state index is 6.01. The van der Waals surface area contributed by atoms with E-state index in [0.29, 0.717) is 0 Å². The van der Waals surface area contributed by atoms with Gasteiger partial charge in [0.15, 0.2) is 0 Å². The molecule has 6 heteroatoms. The Balaban J connectivity index is 1.12. The Labute approximate surface area is 209 Å². The van der Waals surface area contributed by atoms with Crippen LogP contribution in [-0.2, 0) is 0 Å². The number of rotatable bonds is 12. The lowest BCUT2D eigenvalue weighted by molar-refractivity contribution is 0.127. The molecule has 0 unspecified atom stereocenters. The van der Waals surface area contributed by atoms with Crippen LogP contribution in [0.15, 0.2) is 53.1 Å². The zero-order valence-corrected chi connectivity index (χ0v) is 21.4. The molecule has 1 fully saturated rings. The molecule has 5 nitrogen and oxygen atoms in total. The Morgan fingerprint density at radius 2 is 1.59 bits per heavy atom. The number of hydrogen-bond acceptors (Lipinski definition) is 5. The van der Waals surface area contributed by atoms with E-state index >= 15 is 0 Å². The number of furan rings is 1. The molecule has 184 valence electrons. The average molecular weight is 484 g/mol. The van der Waals surface area contributed by atoms with Crippen LogP contribution in [0.25, 0.3) is 22.1 Å². The van der Waals surface area contributed by atoms with Gasteiger partial charge in [-0.15, -0.1) is 0 Å². The Hall–Kier alpha value is -2.05. The van der Waals surface area contributed by atoms with Crippen molar-refractivity contribution in [1.82, 2.24) is 14.7 Å². The standard InChI is InChI=1S/C28H38ClN3O2/c1-30(2)13-6-15-32-18-16-31(17-19-32)14-4-3-5-20-33-25-11-12-26-27(22-34-28(26)21-25)23-7-9-24(29)10-8-23/h7-12,21-22H,3-6,13-20H2,1-2H3. The Morgan fingerprint density at radius 1 is 0.882 bits per heavy atom. The SMILES string of the molecule is CN(C)CCCN1CCN(CCCCCOc2ccc3c(-c4ccc(Cl)cc4)coc3c2)CC1. The summed E-state index contributed by atoms with van der Waals surface area (Å²) in [6.07, 6.45) is 6.60. The molecule has 2 heterocycles. The molecule has 4 rings (SSSR count). The van der Waals surface area contributed by atoms with E-state index < -0.39 is 0 Å². The normalized spacial score (nSPS) is 15.4. The first-order valence-corrected chi connectivity index (χ1v) is 13.0. The van der Waals surface area contributed by atoms with Gasteiger partial charge in [-0.1, -0.05) is 23.7 Å². The number of benzene rings is 2. The van der Waals surface area contributed by atoms with Crippen molar-refractivity contribution in [2.45, 2.75) is 25.7 Å². The molecule has 1 aromatic heterocycles. The largest absolute Gasteiger partial charge is 0.493 e. The monoisotopic (exact) mass is 483 g/mol. The molecule has 1 aliphatic rings. The minimum atomic E-state index is 0.737. The summed E-state index contributed by atoms with van der Waals surface area (Å²) in [6.45, 7) is 9.21. The molecule has 0 saturated carbocycles. The first-order valence-electron chi connectivity index (χ1n) is 12.6. The van der Waals surface area contributed by atoms with Crippen LogP contribution in [0.4, 0.5) is 0 Å². The van der Waals surface area contributed by atoms with Gasteiger partial charge in [-0.2, -0.15) is 0 Å². The van der Waals surface area contributed by atoms with E-state index in [4.69, 9.17) is 20.8 Å². The van der Waals surface area contributed by atoms with Crippen LogP contribution in [0.1, 0.15) is 25.7 Å². The predicted octanol–water partition coefficient (Wildman–Crippen LogP) is 5.87. The maximum absolute atomic E-state index is 6.01. The van der Waals surface area contributed by atoms with E-state index in [1.807, 2.05) is 36.4 Å². The molecule has 34 heavy (non-hydrogen) atoms. The van der Waals surface area contributed by atoms with Crippen molar-refractivity contribution >= 4 is 22.6 Å². The molecule has 1 aliphatic heterocycles. The molecule has 0 spiro atoms. The van der Waals surface area contributed by atoms with Crippen LogP contribution < -0.4 is 4.74 Å². The second-order valence-corrected chi connectivity index (χ2v) is 10.00. The van der Waals surface area contributed by atoms with Gasteiger partial charge in [0.2, 0.25) is 0 Å². The summed E-state index contributed by atoms with van der Waals surface area (Å²) < 4.78 is 11.8. The van der Waals surface area contributed by atoms with Crippen LogP contribution >= 0.6 is 11.6 Å². The lowest BCUT2D eigenvalue weighted by Gasteiger charge is -2.34. The molecule has 1 saturated heterocycles. The third-order valence-corrected chi connectivity index (χ3v) is 6.89. The van der Waals surface area contributed by atoms with Crippen LogP contribution in [-0.4, -0.2) is 81.2 Å². The van der Waals surface area contributed by atoms with E-state index in [-0.39, 0.29) is 0 Å². The van der Waals surface area contributed by atoms with E-state index in [9.17, 15) is 0 Å². The van der Waals surface area contributed by atoms with Crippen molar-refractivity contribution in [3.8, 4) is 16.9 Å². The summed E-state index contributed by atoms with van der Waals surface area (Å²) in [6, 6.07) is 14.0. The number of nitrogens with zero attached hydrogens (tertiary/aromatic N) is 3. The minimum Gasteiger partial charge on any atom is -0.493 e. The molecule has 2 aromatic carbocycles. The molecule has 0 N–H and O–H groups in total. The van der Waals surface area contributed by atoms with Crippen molar-refractivity contribution in [2.75, 3.05) is 66.5 Å². The molecular weight excluding hydrogens is 446 g/mol. The highest BCUT2D eigenvalue weighted by molar-refractivity contribution is 6.30. The van der Waals surface area contributed by atoms with Crippen LogP contribution in [0, 0.1) is 0 Å². The fourth-order valence-electron chi connectivity index (χ4n) is 4.60. The Morgan fingerprint density at radius 3 is 2.29 bits per heavy atom. The van der Waals surface area contributed by atoms with Crippen LogP contribution in [0.5, 0.6) is 5.75 Å². The third-order valence-electron chi connectivity index (χ3n) is 6.63. The lowest BCUT2D eigenvalue weighted by Crippen LogP contribution is -2.47. The highest BCUT2D eigenvalue weighted by Gasteiger charge is 2.16. The van der Waals surface area contributed by atoms with Gasteiger partial charge in [0.05, 0.1) is 12.9 Å². The Kier molecular flexibility index (Phi) is 9.28. The summed E-state index contributed by atoms with van der Waals surface area (Å²) in [5.74, 6) is 0.870. The van der Waals surface area contributed by atoms with E-state index in [1.165, 1.54) is 65.1 Å². The molecule has 0 atom stereocenters. The van der Waals surface area contributed by atoms with Crippen molar-refractivity contribution < 1.29 is 9.15 Å². The van der Waals surface area contributed by atoms with Crippen molar-refractivity contribution in [3.63, 3.8) is 0 Å². The zero-order chi connectivity index (χ0) is 23.8. The quantitative estimate of drug-likeness (QED) is 0.301. The first-order chi connectivity index (χ1) is 16.6. The highest BCUT2D eigenvalue weighted by Crippen LogP contribution is 2.33. The van der Waals surface area contributed by atoms with Gasteiger partial charge in [0.1, 0.15) is 11.3 Å². The van der Waals surface area contributed by atoms with Crippen molar-refractivity contribution in [3.05, 3.63) is 53.8 Å².